The molecule has 0 amide bonds. The lowest BCUT2D eigenvalue weighted by molar-refractivity contribution is -0.140. The molecule has 4 nitrogen and oxygen atoms in total. The Balaban J connectivity index is 3.31. The molecular weight excluding hydrogens is 340 g/mol. The number of ether oxygens (including phenoxy) is 1. The van der Waals surface area contributed by atoms with Crippen LogP contribution in [0.25, 0.3) is 0 Å². The van der Waals surface area contributed by atoms with E-state index in [1.165, 1.54) is 64.9 Å². The molecule has 0 radical (unpaired) electrons. The Morgan fingerprint density at radius 2 is 1.07 bits per heavy atom. The van der Waals surface area contributed by atoms with Gasteiger partial charge in [0.15, 0.2) is 0 Å². The number of carbonyl (C=O) groups is 1. The van der Waals surface area contributed by atoms with Gasteiger partial charge in [0.1, 0.15) is 0 Å². The van der Waals surface area contributed by atoms with E-state index in [-0.39, 0.29) is 18.2 Å². The number of unbranched alkanes of at least 4 members (excludes halogenated alkanes) is 11. The van der Waals surface area contributed by atoms with E-state index < -0.39 is 0 Å². The monoisotopic (exact) mass is 386 g/mol. The van der Waals surface area contributed by atoms with Crippen LogP contribution in [0.4, 0.5) is 0 Å². The second-order valence-electron chi connectivity index (χ2n) is 8.03. The lowest BCUT2D eigenvalue weighted by Gasteiger charge is -2.14. The highest BCUT2D eigenvalue weighted by molar-refractivity contribution is 5.68. The zero-order chi connectivity index (χ0) is 20.2. The average Bonchev–Trinajstić information content (AvgIpc) is 2.67. The highest BCUT2D eigenvalue weighted by atomic mass is 16.5. The highest BCUT2D eigenvalue weighted by Crippen LogP contribution is 2.15. The summed E-state index contributed by atoms with van der Waals surface area (Å²) >= 11 is 0. The number of aliphatic hydroxyl groups is 2. The van der Waals surface area contributed by atoms with Crippen LogP contribution in [0.3, 0.4) is 0 Å². The van der Waals surface area contributed by atoms with Gasteiger partial charge in [0, 0.05) is 6.42 Å². The normalized spacial score (nSPS) is 13.5. The third-order valence-electron chi connectivity index (χ3n) is 5.37. The van der Waals surface area contributed by atoms with Crippen LogP contribution in [0.2, 0.25) is 0 Å². The molecule has 2 atom stereocenters. The maximum Gasteiger partial charge on any atom is 0.305 e. The first-order valence-electron chi connectivity index (χ1n) is 11.5. The molecule has 0 aromatic carbocycles. The van der Waals surface area contributed by atoms with Gasteiger partial charge in [-0.1, -0.05) is 84.0 Å². The Hall–Kier alpha value is -0.610. The van der Waals surface area contributed by atoms with Crippen LogP contribution < -0.4 is 0 Å². The molecule has 0 aliphatic rings. The largest absolute Gasteiger partial charge is 0.469 e. The van der Waals surface area contributed by atoms with Crippen LogP contribution >= 0.6 is 0 Å². The van der Waals surface area contributed by atoms with Gasteiger partial charge in [-0.2, -0.15) is 0 Å². The fraction of sp³-hybridized carbons (Fsp3) is 0.957. The molecule has 0 aromatic heterocycles. The predicted molar refractivity (Wildman–Crippen MR) is 113 cm³/mol. The van der Waals surface area contributed by atoms with E-state index >= 15 is 0 Å². The van der Waals surface area contributed by atoms with Crippen molar-refractivity contribution in [2.45, 2.75) is 135 Å². The molecule has 0 rings (SSSR count). The topological polar surface area (TPSA) is 66.8 Å². The minimum atomic E-state index is -0.252. The van der Waals surface area contributed by atoms with Gasteiger partial charge in [0.05, 0.1) is 19.3 Å². The second kappa shape index (κ2) is 20.1. The molecule has 4 heteroatoms. The number of hydrogen-bond acceptors (Lipinski definition) is 4. The van der Waals surface area contributed by atoms with E-state index in [1.54, 1.807) is 0 Å². The average molecular weight is 387 g/mol. The molecule has 0 aliphatic heterocycles. The van der Waals surface area contributed by atoms with Crippen LogP contribution in [0.15, 0.2) is 0 Å². The third kappa shape index (κ3) is 19.9. The van der Waals surface area contributed by atoms with Crippen molar-refractivity contribution >= 4 is 5.97 Å². The fourth-order valence-corrected chi connectivity index (χ4v) is 3.47. The zero-order valence-electron chi connectivity index (χ0n) is 18.1. The van der Waals surface area contributed by atoms with E-state index in [4.69, 9.17) is 0 Å². The predicted octanol–water partition coefficient (Wildman–Crippen LogP) is 5.92. The van der Waals surface area contributed by atoms with Crippen molar-refractivity contribution in [3.05, 3.63) is 0 Å². The summed E-state index contributed by atoms with van der Waals surface area (Å²) in [5.41, 5.74) is 0. The Bertz CT molecular complexity index is 320. The summed E-state index contributed by atoms with van der Waals surface area (Å²) in [5, 5.41) is 20.0. The molecule has 0 aromatic rings. The maximum atomic E-state index is 11.0. The molecule has 0 fully saturated rings. The smallest absolute Gasteiger partial charge is 0.305 e. The van der Waals surface area contributed by atoms with Gasteiger partial charge < -0.3 is 14.9 Å². The number of aliphatic hydroxyl groups excluding tert-OH is 2. The van der Waals surface area contributed by atoms with E-state index in [2.05, 4.69) is 11.7 Å². The van der Waals surface area contributed by atoms with Gasteiger partial charge >= 0.3 is 5.97 Å². The van der Waals surface area contributed by atoms with Crippen molar-refractivity contribution < 1.29 is 19.7 Å². The number of esters is 1. The van der Waals surface area contributed by atoms with Crippen LogP contribution in [-0.4, -0.2) is 35.5 Å². The summed E-state index contributed by atoms with van der Waals surface area (Å²) in [6.07, 6.45) is 18.6. The molecule has 162 valence electrons. The molecule has 0 aliphatic carbocycles. The summed E-state index contributed by atoms with van der Waals surface area (Å²) in [7, 11) is 1.44. The quantitative estimate of drug-likeness (QED) is 0.201. The molecule has 0 saturated carbocycles. The van der Waals surface area contributed by atoms with Gasteiger partial charge in [0.2, 0.25) is 0 Å². The van der Waals surface area contributed by atoms with Crippen molar-refractivity contribution in [2.24, 2.45) is 0 Å². The SMILES string of the molecule is CCCCCCC[C@H](O)CC[C@H](O)CCCCCCCCCCC(=O)OC. The minimum absolute atomic E-state index is 0.104. The Kier molecular flexibility index (Phi) is 19.7. The maximum absolute atomic E-state index is 11.0. The summed E-state index contributed by atoms with van der Waals surface area (Å²) < 4.78 is 4.63. The van der Waals surface area contributed by atoms with Crippen molar-refractivity contribution in [1.29, 1.82) is 0 Å². The Morgan fingerprint density at radius 1 is 0.667 bits per heavy atom. The van der Waals surface area contributed by atoms with E-state index in [9.17, 15) is 15.0 Å². The summed E-state index contributed by atoms with van der Waals surface area (Å²) in [6, 6.07) is 0. The summed E-state index contributed by atoms with van der Waals surface area (Å²) in [4.78, 5) is 11.0. The number of carbonyl (C=O) groups excluding carboxylic acids is 1. The third-order valence-corrected chi connectivity index (χ3v) is 5.37. The lowest BCUT2D eigenvalue weighted by atomic mass is 10.00. The first-order chi connectivity index (χ1) is 13.1. The highest BCUT2D eigenvalue weighted by Gasteiger charge is 2.09. The molecule has 0 saturated heterocycles. The van der Waals surface area contributed by atoms with Gasteiger partial charge in [0.25, 0.3) is 0 Å². The van der Waals surface area contributed by atoms with Crippen LogP contribution in [-0.2, 0) is 9.53 Å². The molecular formula is C23H46O4. The first-order valence-corrected chi connectivity index (χ1v) is 11.5. The molecule has 0 heterocycles. The standard InChI is InChI=1S/C23H46O4/c1-3-4-5-10-13-16-21(24)19-20-22(25)17-14-11-8-6-7-9-12-15-18-23(26)27-2/h21-22,24-25H,3-20H2,1-2H3/t21-,22+/m0/s1. The van der Waals surface area contributed by atoms with E-state index in [0.29, 0.717) is 6.42 Å². The van der Waals surface area contributed by atoms with E-state index in [1.807, 2.05) is 0 Å². The lowest BCUT2D eigenvalue weighted by Crippen LogP contribution is -2.13. The van der Waals surface area contributed by atoms with Crippen molar-refractivity contribution in [3.63, 3.8) is 0 Å². The minimum Gasteiger partial charge on any atom is -0.469 e. The van der Waals surface area contributed by atoms with Gasteiger partial charge in [-0.25, -0.2) is 0 Å². The van der Waals surface area contributed by atoms with Crippen LogP contribution in [0.1, 0.15) is 122 Å². The summed E-state index contributed by atoms with van der Waals surface area (Å²) in [5.74, 6) is -0.104. The number of hydrogen-bond donors (Lipinski definition) is 2. The zero-order valence-corrected chi connectivity index (χ0v) is 18.1. The van der Waals surface area contributed by atoms with Gasteiger partial charge in [-0.15, -0.1) is 0 Å². The van der Waals surface area contributed by atoms with Gasteiger partial charge in [-0.3, -0.25) is 4.79 Å². The van der Waals surface area contributed by atoms with Crippen molar-refractivity contribution in [1.82, 2.24) is 0 Å². The second-order valence-corrected chi connectivity index (χ2v) is 8.03. The first kappa shape index (κ1) is 26.4. The van der Waals surface area contributed by atoms with Crippen LogP contribution in [0, 0.1) is 0 Å². The van der Waals surface area contributed by atoms with E-state index in [0.717, 1.165) is 51.4 Å². The van der Waals surface area contributed by atoms with Crippen molar-refractivity contribution in [2.75, 3.05) is 7.11 Å². The Labute approximate surface area is 168 Å². The molecule has 0 bridgehead atoms. The summed E-state index contributed by atoms with van der Waals surface area (Å²) in [6.45, 7) is 2.21. The molecule has 2 N–H and O–H groups in total. The Morgan fingerprint density at radius 3 is 1.52 bits per heavy atom. The molecule has 27 heavy (non-hydrogen) atoms. The molecule has 0 spiro atoms. The fourth-order valence-electron chi connectivity index (χ4n) is 3.47. The number of methoxy groups -OCH3 is 1. The molecule has 0 unspecified atom stereocenters. The van der Waals surface area contributed by atoms with Crippen molar-refractivity contribution in [3.8, 4) is 0 Å². The number of rotatable bonds is 20. The van der Waals surface area contributed by atoms with Gasteiger partial charge in [-0.05, 0) is 32.1 Å². The van der Waals surface area contributed by atoms with Crippen LogP contribution in [0.5, 0.6) is 0 Å².